The van der Waals surface area contributed by atoms with E-state index in [1.807, 2.05) is 24.3 Å². The van der Waals surface area contributed by atoms with E-state index in [0.717, 1.165) is 20.9 Å². The van der Waals surface area contributed by atoms with Gasteiger partial charge in [-0.1, -0.05) is 28.1 Å². The number of aliphatic hydroxyl groups excluding tert-OH is 1. The van der Waals surface area contributed by atoms with Gasteiger partial charge in [0.15, 0.2) is 0 Å². The van der Waals surface area contributed by atoms with Crippen molar-refractivity contribution in [2.45, 2.75) is 25.5 Å². The highest BCUT2D eigenvalue weighted by atomic mass is 79.9. The normalized spacial score (nSPS) is 13.9. The Labute approximate surface area is 109 Å². The molecule has 90 valence electrons. The number of nitrogens with two attached hydrogens (primary N) is 1. The topological polar surface area (TPSA) is 59.1 Å². The molecule has 1 unspecified atom stereocenters. The van der Waals surface area contributed by atoms with E-state index < -0.39 is 11.6 Å². The van der Waals surface area contributed by atoms with Crippen molar-refractivity contribution in [3.63, 3.8) is 0 Å². The number of aromatic nitrogens is 1. The van der Waals surface area contributed by atoms with Gasteiger partial charge in [0.2, 0.25) is 0 Å². The van der Waals surface area contributed by atoms with Crippen LogP contribution in [0.25, 0.3) is 10.9 Å². The van der Waals surface area contributed by atoms with Crippen molar-refractivity contribution in [1.82, 2.24) is 4.98 Å². The van der Waals surface area contributed by atoms with Crippen LogP contribution in [-0.4, -0.2) is 15.6 Å². The third-order valence-corrected chi connectivity index (χ3v) is 3.44. The highest BCUT2D eigenvalue weighted by molar-refractivity contribution is 9.10. The Morgan fingerprint density at radius 2 is 2.06 bits per heavy atom. The number of halogens is 1. The van der Waals surface area contributed by atoms with Gasteiger partial charge in [0.25, 0.3) is 0 Å². The molecule has 0 aliphatic carbocycles. The Hall–Kier alpha value is -0.970. The van der Waals surface area contributed by atoms with Crippen LogP contribution < -0.4 is 5.73 Å². The third kappa shape index (κ3) is 2.34. The summed E-state index contributed by atoms with van der Waals surface area (Å²) in [7, 11) is 0. The molecule has 0 saturated heterocycles. The first kappa shape index (κ1) is 12.5. The molecule has 0 amide bonds. The van der Waals surface area contributed by atoms with Crippen LogP contribution in [0.2, 0.25) is 0 Å². The van der Waals surface area contributed by atoms with Crippen LogP contribution in [0.3, 0.4) is 0 Å². The summed E-state index contributed by atoms with van der Waals surface area (Å²) < 4.78 is 0.964. The van der Waals surface area contributed by atoms with E-state index >= 15 is 0 Å². The quantitative estimate of drug-likeness (QED) is 0.895. The van der Waals surface area contributed by atoms with Crippen molar-refractivity contribution in [2.75, 3.05) is 0 Å². The second-order valence-electron chi connectivity index (χ2n) is 4.76. The number of pyridine rings is 1. The molecule has 0 bridgehead atoms. The molecule has 0 fully saturated rings. The molecule has 0 saturated carbocycles. The maximum Gasteiger partial charge on any atom is 0.0984 e. The molecule has 0 spiro atoms. The van der Waals surface area contributed by atoms with Gasteiger partial charge in [-0.2, -0.15) is 0 Å². The first-order valence-electron chi connectivity index (χ1n) is 5.41. The standard InChI is InChI=1S/C13H15BrN2O/c1-13(2,15)12(17)9-5-6-10(14)8-4-3-7-16-11(8)9/h3-7,12,17H,15H2,1-2H3. The largest absolute Gasteiger partial charge is 0.386 e. The number of fused-ring (bicyclic) bond motifs is 1. The SMILES string of the molecule is CC(C)(N)C(O)c1ccc(Br)c2cccnc12. The summed E-state index contributed by atoms with van der Waals surface area (Å²) in [5, 5.41) is 11.2. The van der Waals surface area contributed by atoms with E-state index in [4.69, 9.17) is 5.73 Å². The summed E-state index contributed by atoms with van der Waals surface area (Å²) in [6.45, 7) is 3.60. The summed E-state index contributed by atoms with van der Waals surface area (Å²) in [5.74, 6) is 0. The Kier molecular flexibility index (Phi) is 3.21. The number of hydrogen-bond acceptors (Lipinski definition) is 3. The van der Waals surface area contributed by atoms with Crippen molar-refractivity contribution in [3.05, 3.63) is 40.5 Å². The molecule has 1 heterocycles. The molecule has 0 aliphatic rings. The first-order valence-corrected chi connectivity index (χ1v) is 6.20. The van der Waals surface area contributed by atoms with E-state index in [0.29, 0.717) is 0 Å². The number of hydrogen-bond donors (Lipinski definition) is 2. The summed E-state index contributed by atoms with van der Waals surface area (Å²) in [6, 6.07) is 7.61. The van der Waals surface area contributed by atoms with Gasteiger partial charge >= 0.3 is 0 Å². The van der Waals surface area contributed by atoms with E-state index in [2.05, 4.69) is 20.9 Å². The summed E-state index contributed by atoms with van der Waals surface area (Å²) in [5.41, 5.74) is 6.80. The molecule has 2 aromatic rings. The van der Waals surface area contributed by atoms with Gasteiger partial charge in [-0.15, -0.1) is 0 Å². The Balaban J connectivity index is 2.67. The van der Waals surface area contributed by atoms with E-state index in [-0.39, 0.29) is 0 Å². The maximum atomic E-state index is 10.3. The lowest BCUT2D eigenvalue weighted by Gasteiger charge is -2.26. The van der Waals surface area contributed by atoms with Crippen LogP contribution in [0.5, 0.6) is 0 Å². The van der Waals surface area contributed by atoms with E-state index in [1.54, 1.807) is 20.0 Å². The van der Waals surface area contributed by atoms with Crippen molar-refractivity contribution in [2.24, 2.45) is 5.73 Å². The second-order valence-corrected chi connectivity index (χ2v) is 5.61. The number of nitrogens with zero attached hydrogens (tertiary/aromatic N) is 1. The molecular formula is C13H15BrN2O. The van der Waals surface area contributed by atoms with Crippen LogP contribution in [0, 0.1) is 0 Å². The lowest BCUT2D eigenvalue weighted by Crippen LogP contribution is -2.39. The number of aliphatic hydroxyl groups is 1. The number of benzene rings is 1. The Morgan fingerprint density at radius 3 is 2.71 bits per heavy atom. The minimum atomic E-state index is -0.743. The van der Waals surface area contributed by atoms with Crippen molar-refractivity contribution < 1.29 is 5.11 Å². The second kappa shape index (κ2) is 4.37. The van der Waals surface area contributed by atoms with Crippen LogP contribution in [-0.2, 0) is 0 Å². The minimum Gasteiger partial charge on any atom is -0.386 e. The third-order valence-electron chi connectivity index (χ3n) is 2.75. The molecule has 3 N–H and O–H groups in total. The summed E-state index contributed by atoms with van der Waals surface area (Å²) in [4.78, 5) is 4.33. The van der Waals surface area contributed by atoms with E-state index in [1.165, 1.54) is 0 Å². The average Bonchev–Trinajstić information content (AvgIpc) is 2.28. The van der Waals surface area contributed by atoms with Crippen LogP contribution in [0.15, 0.2) is 34.9 Å². The predicted molar refractivity (Wildman–Crippen MR) is 72.7 cm³/mol. The predicted octanol–water partition coefficient (Wildman–Crippen LogP) is 2.77. The van der Waals surface area contributed by atoms with Gasteiger partial charge < -0.3 is 10.8 Å². The lowest BCUT2D eigenvalue weighted by atomic mass is 9.91. The lowest BCUT2D eigenvalue weighted by molar-refractivity contribution is 0.106. The molecule has 1 aromatic carbocycles. The highest BCUT2D eigenvalue weighted by Gasteiger charge is 2.26. The monoisotopic (exact) mass is 294 g/mol. The molecule has 2 rings (SSSR count). The van der Waals surface area contributed by atoms with Gasteiger partial charge in [-0.05, 0) is 26.0 Å². The minimum absolute atomic E-state index is 0.696. The van der Waals surface area contributed by atoms with Crippen LogP contribution in [0.4, 0.5) is 0 Å². The van der Waals surface area contributed by atoms with Crippen molar-refractivity contribution in [3.8, 4) is 0 Å². The zero-order valence-corrected chi connectivity index (χ0v) is 11.4. The van der Waals surface area contributed by atoms with Gasteiger partial charge in [0.1, 0.15) is 0 Å². The molecular weight excluding hydrogens is 280 g/mol. The fourth-order valence-electron chi connectivity index (χ4n) is 1.78. The summed E-state index contributed by atoms with van der Waals surface area (Å²) >= 11 is 3.48. The van der Waals surface area contributed by atoms with Gasteiger partial charge in [0, 0.05) is 27.2 Å². The van der Waals surface area contributed by atoms with Gasteiger partial charge in [-0.25, -0.2) is 0 Å². The van der Waals surface area contributed by atoms with Gasteiger partial charge in [-0.3, -0.25) is 4.98 Å². The van der Waals surface area contributed by atoms with Gasteiger partial charge in [0.05, 0.1) is 11.6 Å². The zero-order chi connectivity index (χ0) is 12.6. The maximum absolute atomic E-state index is 10.3. The molecule has 4 heteroatoms. The smallest absolute Gasteiger partial charge is 0.0984 e. The average molecular weight is 295 g/mol. The first-order chi connectivity index (χ1) is 7.91. The molecule has 1 aromatic heterocycles. The van der Waals surface area contributed by atoms with Crippen molar-refractivity contribution in [1.29, 1.82) is 0 Å². The number of rotatable bonds is 2. The highest BCUT2D eigenvalue weighted by Crippen LogP contribution is 2.32. The Bertz CT molecular complexity index is 549. The van der Waals surface area contributed by atoms with Crippen LogP contribution >= 0.6 is 15.9 Å². The van der Waals surface area contributed by atoms with Crippen LogP contribution in [0.1, 0.15) is 25.5 Å². The fraction of sp³-hybridized carbons (Fsp3) is 0.308. The molecule has 17 heavy (non-hydrogen) atoms. The molecule has 3 nitrogen and oxygen atoms in total. The fourth-order valence-corrected chi connectivity index (χ4v) is 2.23. The molecule has 1 atom stereocenters. The van der Waals surface area contributed by atoms with E-state index in [9.17, 15) is 5.11 Å². The summed E-state index contributed by atoms with van der Waals surface area (Å²) in [6.07, 6.45) is 0.974. The molecule has 0 aliphatic heterocycles. The van der Waals surface area contributed by atoms with Crippen molar-refractivity contribution >= 4 is 26.8 Å². The molecule has 0 radical (unpaired) electrons. The Morgan fingerprint density at radius 1 is 1.35 bits per heavy atom. The zero-order valence-electron chi connectivity index (χ0n) is 9.81.